The first-order valence-corrected chi connectivity index (χ1v) is 10.8. The van der Waals surface area contributed by atoms with Gasteiger partial charge in [-0.3, -0.25) is 4.79 Å². The molecule has 2 heterocycles. The highest BCUT2D eigenvalue weighted by molar-refractivity contribution is 6.32. The van der Waals surface area contributed by atoms with Gasteiger partial charge in [0.1, 0.15) is 5.75 Å². The van der Waals surface area contributed by atoms with Crippen molar-refractivity contribution < 1.29 is 9.53 Å². The highest BCUT2D eigenvalue weighted by Crippen LogP contribution is 2.26. The molecule has 2 saturated heterocycles. The van der Waals surface area contributed by atoms with E-state index in [0.717, 1.165) is 44.0 Å². The van der Waals surface area contributed by atoms with E-state index in [1.165, 1.54) is 32.4 Å². The summed E-state index contributed by atoms with van der Waals surface area (Å²) in [5.74, 6) is 2.46. The van der Waals surface area contributed by atoms with Crippen LogP contribution in [0.1, 0.15) is 44.6 Å². The van der Waals surface area contributed by atoms with Gasteiger partial charge in [0.05, 0.1) is 12.1 Å². The highest BCUT2D eigenvalue weighted by Gasteiger charge is 2.26. The Morgan fingerprint density at radius 1 is 1.22 bits per heavy atom. The average Bonchev–Trinajstić information content (AvgIpc) is 2.68. The molecule has 0 N–H and O–H groups in total. The minimum atomic E-state index is 0.277. The van der Waals surface area contributed by atoms with E-state index in [2.05, 4.69) is 16.7 Å². The van der Waals surface area contributed by atoms with Crippen molar-refractivity contribution >= 4 is 17.5 Å². The lowest BCUT2D eigenvalue weighted by atomic mass is 9.94. The van der Waals surface area contributed by atoms with E-state index < -0.39 is 0 Å². The molecule has 0 bridgehead atoms. The molecule has 2 aliphatic heterocycles. The second kappa shape index (κ2) is 9.79. The fourth-order valence-electron chi connectivity index (χ4n) is 4.33. The standard InChI is InChI=1S/C22H33ClN2O2/c1-17-9-12-24(13-10-17)15-19-4-3-11-25(16-19)22(26)8-6-18-5-7-21(27-2)20(23)14-18/h5,7,14,17,19H,3-4,6,8-13,15-16H2,1-2H3. The molecule has 1 amide bonds. The van der Waals surface area contributed by atoms with Gasteiger partial charge in [-0.2, -0.15) is 0 Å². The third kappa shape index (κ3) is 5.86. The van der Waals surface area contributed by atoms with Gasteiger partial charge in [-0.1, -0.05) is 24.6 Å². The molecule has 1 unspecified atom stereocenters. The van der Waals surface area contributed by atoms with Crippen LogP contribution >= 0.6 is 11.6 Å². The molecule has 0 radical (unpaired) electrons. The van der Waals surface area contributed by atoms with Crippen molar-refractivity contribution in [2.45, 2.75) is 45.4 Å². The van der Waals surface area contributed by atoms with Gasteiger partial charge in [0.2, 0.25) is 5.91 Å². The fourth-order valence-corrected chi connectivity index (χ4v) is 4.61. The molecule has 150 valence electrons. The Kier molecular flexibility index (Phi) is 7.42. The summed E-state index contributed by atoms with van der Waals surface area (Å²) in [5, 5.41) is 0.608. The molecule has 4 nitrogen and oxygen atoms in total. The first kappa shape index (κ1) is 20.5. The van der Waals surface area contributed by atoms with Gasteiger partial charge in [0.15, 0.2) is 0 Å². The highest BCUT2D eigenvalue weighted by atomic mass is 35.5. The van der Waals surface area contributed by atoms with Crippen molar-refractivity contribution in [3.8, 4) is 5.75 Å². The van der Waals surface area contributed by atoms with Crippen LogP contribution in [-0.2, 0) is 11.2 Å². The molecule has 0 aliphatic carbocycles. The molecule has 27 heavy (non-hydrogen) atoms. The maximum absolute atomic E-state index is 12.7. The number of hydrogen-bond donors (Lipinski definition) is 0. The van der Waals surface area contributed by atoms with Crippen LogP contribution < -0.4 is 4.74 Å². The van der Waals surface area contributed by atoms with Crippen LogP contribution in [0, 0.1) is 11.8 Å². The largest absolute Gasteiger partial charge is 0.495 e. The van der Waals surface area contributed by atoms with Crippen molar-refractivity contribution in [1.82, 2.24) is 9.80 Å². The summed E-state index contributed by atoms with van der Waals surface area (Å²) < 4.78 is 5.19. The maximum atomic E-state index is 12.7. The molecule has 0 aromatic heterocycles. The summed E-state index contributed by atoms with van der Waals surface area (Å²) in [5.41, 5.74) is 1.09. The van der Waals surface area contributed by atoms with E-state index in [1.807, 2.05) is 18.2 Å². The van der Waals surface area contributed by atoms with Gasteiger partial charge in [0.25, 0.3) is 0 Å². The van der Waals surface area contributed by atoms with Crippen LogP contribution in [0.15, 0.2) is 18.2 Å². The number of ether oxygens (including phenoxy) is 1. The van der Waals surface area contributed by atoms with E-state index in [4.69, 9.17) is 16.3 Å². The quantitative estimate of drug-likeness (QED) is 0.725. The monoisotopic (exact) mass is 392 g/mol. The molecule has 1 aromatic rings. The Labute approximate surface area is 168 Å². The first-order valence-electron chi connectivity index (χ1n) is 10.4. The molecule has 2 aliphatic rings. The lowest BCUT2D eigenvalue weighted by molar-refractivity contribution is -0.133. The summed E-state index contributed by atoms with van der Waals surface area (Å²) in [6.07, 6.45) is 6.31. The van der Waals surface area contributed by atoms with Gasteiger partial charge in [-0.05, 0) is 74.7 Å². The zero-order valence-corrected chi connectivity index (χ0v) is 17.5. The Morgan fingerprint density at radius 3 is 2.70 bits per heavy atom. The van der Waals surface area contributed by atoms with E-state index in [1.54, 1.807) is 7.11 Å². The molecule has 1 atom stereocenters. The molecule has 0 spiro atoms. The van der Waals surface area contributed by atoms with E-state index in [0.29, 0.717) is 23.1 Å². The van der Waals surface area contributed by atoms with Crippen molar-refractivity contribution in [3.05, 3.63) is 28.8 Å². The molecule has 3 rings (SSSR count). The molecule has 0 saturated carbocycles. The van der Waals surface area contributed by atoms with Crippen molar-refractivity contribution in [2.24, 2.45) is 11.8 Å². The third-order valence-electron chi connectivity index (χ3n) is 6.11. The van der Waals surface area contributed by atoms with E-state index in [9.17, 15) is 4.79 Å². The minimum absolute atomic E-state index is 0.277. The number of carbonyl (C=O) groups excluding carboxylic acids is 1. The molecular formula is C22H33ClN2O2. The van der Waals surface area contributed by atoms with Crippen LogP contribution in [0.25, 0.3) is 0 Å². The molecule has 2 fully saturated rings. The Bertz CT molecular complexity index is 629. The first-order chi connectivity index (χ1) is 13.0. The topological polar surface area (TPSA) is 32.8 Å². The number of benzene rings is 1. The van der Waals surface area contributed by atoms with E-state index >= 15 is 0 Å². The fraction of sp³-hybridized carbons (Fsp3) is 0.682. The lowest BCUT2D eigenvalue weighted by Crippen LogP contribution is -2.45. The van der Waals surface area contributed by atoms with Gasteiger partial charge in [-0.25, -0.2) is 0 Å². The maximum Gasteiger partial charge on any atom is 0.222 e. The summed E-state index contributed by atoms with van der Waals surface area (Å²) >= 11 is 6.19. The zero-order chi connectivity index (χ0) is 19.2. The molecule has 1 aromatic carbocycles. The van der Waals surface area contributed by atoms with Crippen molar-refractivity contribution in [2.75, 3.05) is 39.8 Å². The number of likely N-dealkylation sites (tertiary alicyclic amines) is 2. The Hall–Kier alpha value is -1.26. The third-order valence-corrected chi connectivity index (χ3v) is 6.40. The molecular weight excluding hydrogens is 360 g/mol. The summed E-state index contributed by atoms with van der Waals surface area (Å²) in [6, 6.07) is 5.77. The number of piperidine rings is 2. The van der Waals surface area contributed by atoms with Crippen LogP contribution in [0.4, 0.5) is 0 Å². The lowest BCUT2D eigenvalue weighted by Gasteiger charge is -2.38. The molecule has 5 heteroatoms. The van der Waals surface area contributed by atoms with Crippen LogP contribution in [0.3, 0.4) is 0 Å². The van der Waals surface area contributed by atoms with Gasteiger partial charge in [-0.15, -0.1) is 0 Å². The predicted octanol–water partition coefficient (Wildman–Crippen LogP) is 4.25. The smallest absolute Gasteiger partial charge is 0.222 e. The number of halogens is 1. The van der Waals surface area contributed by atoms with Crippen LogP contribution in [-0.4, -0.2) is 55.5 Å². The Balaban J connectivity index is 1.46. The van der Waals surface area contributed by atoms with Gasteiger partial charge in [0, 0.05) is 26.1 Å². The number of rotatable bonds is 6. The number of hydrogen-bond acceptors (Lipinski definition) is 3. The second-order valence-electron chi connectivity index (χ2n) is 8.30. The van der Waals surface area contributed by atoms with Crippen LogP contribution in [0.2, 0.25) is 5.02 Å². The SMILES string of the molecule is COc1ccc(CCC(=O)N2CCCC(CN3CCC(C)CC3)C2)cc1Cl. The minimum Gasteiger partial charge on any atom is -0.495 e. The zero-order valence-electron chi connectivity index (χ0n) is 16.8. The Morgan fingerprint density at radius 2 is 2.00 bits per heavy atom. The average molecular weight is 393 g/mol. The number of nitrogens with zero attached hydrogens (tertiary/aromatic N) is 2. The van der Waals surface area contributed by atoms with Crippen molar-refractivity contribution in [3.63, 3.8) is 0 Å². The van der Waals surface area contributed by atoms with Crippen LogP contribution in [0.5, 0.6) is 5.75 Å². The summed E-state index contributed by atoms with van der Waals surface area (Å²) in [7, 11) is 1.61. The van der Waals surface area contributed by atoms with E-state index in [-0.39, 0.29) is 5.91 Å². The number of methoxy groups -OCH3 is 1. The number of amides is 1. The summed E-state index contributed by atoms with van der Waals surface area (Å²) in [4.78, 5) is 17.4. The predicted molar refractivity (Wildman–Crippen MR) is 110 cm³/mol. The second-order valence-corrected chi connectivity index (χ2v) is 8.71. The normalized spacial score (nSPS) is 22.0. The summed E-state index contributed by atoms with van der Waals surface area (Å²) in [6.45, 7) is 7.80. The number of aryl methyl sites for hydroxylation is 1. The van der Waals surface area contributed by atoms with Crippen molar-refractivity contribution in [1.29, 1.82) is 0 Å². The number of carbonyl (C=O) groups is 1. The van der Waals surface area contributed by atoms with Gasteiger partial charge < -0.3 is 14.5 Å². The van der Waals surface area contributed by atoms with Gasteiger partial charge >= 0.3 is 0 Å².